The summed E-state index contributed by atoms with van der Waals surface area (Å²) < 4.78 is 86.1. The summed E-state index contributed by atoms with van der Waals surface area (Å²) >= 11 is 0. The number of likely N-dealkylation sites (tertiary alicyclic amines) is 1. The highest BCUT2D eigenvalue weighted by Gasteiger charge is 2.50. The molecule has 0 radical (unpaired) electrons. The van der Waals surface area contributed by atoms with Crippen molar-refractivity contribution in [2.24, 2.45) is 11.3 Å². The molecule has 0 amide bonds. The van der Waals surface area contributed by atoms with E-state index in [0.29, 0.717) is 55.8 Å². The molecule has 0 aromatic heterocycles. The number of carboxylic acid groups (broad SMARTS) is 1. The smallest absolute Gasteiger partial charge is 0.416 e. The van der Waals surface area contributed by atoms with E-state index < -0.39 is 29.4 Å². The number of hydrogen-bond donors (Lipinski definition) is 1. The summed E-state index contributed by atoms with van der Waals surface area (Å²) in [5.74, 6) is 0.191. The van der Waals surface area contributed by atoms with Crippen molar-refractivity contribution in [1.29, 1.82) is 0 Å². The van der Waals surface area contributed by atoms with Gasteiger partial charge in [-0.1, -0.05) is 12.1 Å². The van der Waals surface area contributed by atoms with Gasteiger partial charge in [0.05, 0.1) is 23.7 Å². The van der Waals surface area contributed by atoms with Crippen LogP contribution in [-0.4, -0.2) is 35.2 Å². The SMILES string of the molecule is O=C(O)C[C@H](c1cccc(OC2CC3(CCN(Cc4cc(C(F)(F)F)ccc4C(F)(F)F)C3)C2)c1)C1CC1. The van der Waals surface area contributed by atoms with Gasteiger partial charge in [0.1, 0.15) is 5.75 Å². The molecule has 1 heterocycles. The zero-order chi connectivity index (χ0) is 27.3. The van der Waals surface area contributed by atoms with Gasteiger partial charge < -0.3 is 9.84 Å². The molecule has 2 saturated carbocycles. The molecular formula is C28H29F6NO3. The second-order valence-corrected chi connectivity index (χ2v) is 11.1. The van der Waals surface area contributed by atoms with Gasteiger partial charge >= 0.3 is 18.3 Å². The number of carboxylic acids is 1. The number of alkyl halides is 6. The number of benzene rings is 2. The highest BCUT2D eigenvalue weighted by Crippen LogP contribution is 2.51. The fourth-order valence-electron chi connectivity index (χ4n) is 6.16. The summed E-state index contributed by atoms with van der Waals surface area (Å²) in [4.78, 5) is 13.1. The molecule has 10 heteroatoms. The molecule has 0 bridgehead atoms. The monoisotopic (exact) mass is 541 g/mol. The molecular weight excluding hydrogens is 512 g/mol. The Kier molecular flexibility index (Phi) is 6.90. The predicted molar refractivity (Wildman–Crippen MR) is 127 cm³/mol. The molecule has 4 nitrogen and oxygen atoms in total. The van der Waals surface area contributed by atoms with Gasteiger partial charge in [0.25, 0.3) is 0 Å². The van der Waals surface area contributed by atoms with Crippen molar-refractivity contribution in [2.75, 3.05) is 13.1 Å². The first-order chi connectivity index (χ1) is 17.8. The highest BCUT2D eigenvalue weighted by atomic mass is 19.4. The molecule has 1 spiro atoms. The summed E-state index contributed by atoms with van der Waals surface area (Å²) in [6.45, 7) is 0.816. The molecule has 1 atom stereocenters. The zero-order valence-electron chi connectivity index (χ0n) is 20.6. The van der Waals surface area contributed by atoms with Crippen molar-refractivity contribution in [2.45, 2.75) is 69.4 Å². The van der Waals surface area contributed by atoms with Crippen LogP contribution in [0.25, 0.3) is 0 Å². The normalized spacial score (nSPS) is 24.8. The van der Waals surface area contributed by atoms with Gasteiger partial charge in [0.2, 0.25) is 0 Å². The molecule has 1 aliphatic heterocycles. The molecule has 38 heavy (non-hydrogen) atoms. The Hall–Kier alpha value is -2.75. The van der Waals surface area contributed by atoms with Crippen molar-refractivity contribution >= 4 is 5.97 Å². The lowest BCUT2D eigenvalue weighted by molar-refractivity contribution is -0.142. The van der Waals surface area contributed by atoms with E-state index in [1.807, 2.05) is 24.3 Å². The molecule has 5 rings (SSSR count). The van der Waals surface area contributed by atoms with E-state index in [1.165, 1.54) is 0 Å². The van der Waals surface area contributed by atoms with Crippen molar-refractivity contribution in [3.63, 3.8) is 0 Å². The van der Waals surface area contributed by atoms with E-state index in [1.54, 1.807) is 4.90 Å². The Bertz CT molecular complexity index is 1180. The largest absolute Gasteiger partial charge is 0.490 e. The maximum Gasteiger partial charge on any atom is 0.416 e. The standard InChI is InChI=1S/C28H29F6NO3/c29-27(30,31)20-6-7-24(28(32,33)34)19(10-20)15-35-9-8-26(16-35)13-22(14-26)38-21-3-1-2-18(11-21)23(12-25(36)37)17-4-5-17/h1-3,6-7,10-11,17,22-23H,4-5,8-9,12-16H2,(H,36,37)/t22?,23-,26?/m0/s1. The number of halogens is 6. The van der Waals surface area contributed by atoms with Crippen LogP contribution in [0.4, 0.5) is 26.3 Å². The maximum atomic E-state index is 13.5. The van der Waals surface area contributed by atoms with Crippen LogP contribution in [0.15, 0.2) is 42.5 Å². The summed E-state index contributed by atoms with van der Waals surface area (Å²) in [5, 5.41) is 9.28. The van der Waals surface area contributed by atoms with Crippen molar-refractivity contribution in [3.05, 3.63) is 64.7 Å². The number of rotatable bonds is 8. The van der Waals surface area contributed by atoms with Gasteiger partial charge in [-0.15, -0.1) is 0 Å². The minimum Gasteiger partial charge on any atom is -0.490 e. The summed E-state index contributed by atoms with van der Waals surface area (Å²) in [5.41, 5.74) is -1.65. The molecule has 3 aliphatic rings. The predicted octanol–water partition coefficient (Wildman–Crippen LogP) is 7.13. The third-order valence-electron chi connectivity index (χ3n) is 8.15. The number of aliphatic carboxylic acids is 1. The second kappa shape index (κ2) is 9.77. The topological polar surface area (TPSA) is 49.8 Å². The minimum absolute atomic E-state index is 0.0374. The number of carbonyl (C=O) groups is 1. The average Bonchev–Trinajstić information content (AvgIpc) is 3.56. The molecule has 206 valence electrons. The van der Waals surface area contributed by atoms with E-state index in [9.17, 15) is 36.2 Å². The summed E-state index contributed by atoms with van der Waals surface area (Å²) in [6.07, 6.45) is -5.22. The Morgan fingerprint density at radius 2 is 1.79 bits per heavy atom. The molecule has 0 unspecified atom stereocenters. The first kappa shape index (κ1) is 26.8. The molecule has 2 aliphatic carbocycles. The highest BCUT2D eigenvalue weighted by molar-refractivity contribution is 5.68. The van der Waals surface area contributed by atoms with Crippen molar-refractivity contribution < 1.29 is 41.0 Å². The van der Waals surface area contributed by atoms with Crippen LogP contribution in [0.3, 0.4) is 0 Å². The van der Waals surface area contributed by atoms with Gasteiger partial charge in [0, 0.05) is 13.1 Å². The van der Waals surface area contributed by atoms with Gasteiger partial charge in [-0.3, -0.25) is 9.69 Å². The van der Waals surface area contributed by atoms with Crippen molar-refractivity contribution in [3.8, 4) is 5.75 Å². The first-order valence-corrected chi connectivity index (χ1v) is 12.8. The minimum atomic E-state index is -4.73. The lowest BCUT2D eigenvalue weighted by Crippen LogP contribution is -2.45. The van der Waals surface area contributed by atoms with E-state index in [-0.39, 0.29) is 36.0 Å². The number of nitrogens with zero attached hydrogens (tertiary/aromatic N) is 1. The fourth-order valence-corrected chi connectivity index (χ4v) is 6.16. The van der Waals surface area contributed by atoms with E-state index in [2.05, 4.69) is 0 Å². The van der Waals surface area contributed by atoms with E-state index >= 15 is 0 Å². The van der Waals surface area contributed by atoms with Gasteiger partial charge in [-0.25, -0.2) is 0 Å². The third-order valence-corrected chi connectivity index (χ3v) is 8.15. The number of hydrogen-bond acceptors (Lipinski definition) is 3. The molecule has 1 N–H and O–H groups in total. The van der Waals surface area contributed by atoms with Gasteiger partial charge in [-0.05, 0) is 97.4 Å². The third kappa shape index (κ3) is 5.95. The molecule has 3 fully saturated rings. The first-order valence-electron chi connectivity index (χ1n) is 12.8. The summed E-state index contributed by atoms with van der Waals surface area (Å²) in [6, 6.07) is 9.16. The van der Waals surface area contributed by atoms with Crippen LogP contribution in [0.2, 0.25) is 0 Å². The number of ether oxygens (including phenoxy) is 1. The Labute approximate surface area is 216 Å². The van der Waals surface area contributed by atoms with Crippen LogP contribution in [0, 0.1) is 11.3 Å². The van der Waals surface area contributed by atoms with Gasteiger partial charge in [-0.2, -0.15) is 26.3 Å². The summed E-state index contributed by atoms with van der Waals surface area (Å²) in [7, 11) is 0. The van der Waals surface area contributed by atoms with Gasteiger partial charge in [0.15, 0.2) is 0 Å². The van der Waals surface area contributed by atoms with Crippen molar-refractivity contribution in [1.82, 2.24) is 4.90 Å². The van der Waals surface area contributed by atoms with Crippen LogP contribution in [0.1, 0.15) is 66.7 Å². The maximum absolute atomic E-state index is 13.5. The molecule has 2 aromatic rings. The Morgan fingerprint density at radius 1 is 1.05 bits per heavy atom. The lowest BCUT2D eigenvalue weighted by Gasteiger charge is -2.45. The van der Waals surface area contributed by atoms with E-state index in [0.717, 1.165) is 24.8 Å². The fraction of sp³-hybridized carbons (Fsp3) is 0.536. The Morgan fingerprint density at radius 3 is 2.42 bits per heavy atom. The lowest BCUT2D eigenvalue weighted by atomic mass is 9.66. The van der Waals surface area contributed by atoms with Crippen LogP contribution < -0.4 is 4.74 Å². The average molecular weight is 542 g/mol. The van der Waals surface area contributed by atoms with Crippen LogP contribution in [0.5, 0.6) is 5.75 Å². The van der Waals surface area contributed by atoms with E-state index in [4.69, 9.17) is 4.74 Å². The van der Waals surface area contributed by atoms with Crippen LogP contribution in [-0.2, 0) is 23.7 Å². The quantitative estimate of drug-likeness (QED) is 0.362. The Balaban J connectivity index is 1.20. The molecule has 2 aromatic carbocycles. The van der Waals surface area contributed by atoms with Crippen LogP contribution >= 0.6 is 0 Å². The zero-order valence-corrected chi connectivity index (χ0v) is 20.6. The second-order valence-electron chi connectivity index (χ2n) is 11.1. The molecule has 1 saturated heterocycles.